The summed E-state index contributed by atoms with van der Waals surface area (Å²) in [6.45, 7) is 1.95. The summed E-state index contributed by atoms with van der Waals surface area (Å²) in [7, 11) is -3.69. The van der Waals surface area contributed by atoms with Gasteiger partial charge in [0, 0.05) is 35.6 Å². The molecule has 0 aliphatic heterocycles. The van der Waals surface area contributed by atoms with Gasteiger partial charge in [0.25, 0.3) is 0 Å². The maximum absolute atomic E-state index is 13.5. The maximum Gasteiger partial charge on any atom is 0.242 e. The highest BCUT2D eigenvalue weighted by molar-refractivity contribution is 7.92. The van der Waals surface area contributed by atoms with Crippen LogP contribution in [0.15, 0.2) is 42.5 Å². The summed E-state index contributed by atoms with van der Waals surface area (Å²) < 4.78 is 26.2. The summed E-state index contributed by atoms with van der Waals surface area (Å²) in [5.74, 6) is -0.460. The topological polar surface area (TPSA) is 86.8 Å². The van der Waals surface area contributed by atoms with E-state index in [4.69, 9.17) is 34.8 Å². The molecule has 2 amide bonds. The Morgan fingerprint density at radius 3 is 2.37 bits per heavy atom. The zero-order valence-electron chi connectivity index (χ0n) is 21.6. The first-order valence-electron chi connectivity index (χ1n) is 12.7. The Hall–Kier alpha value is -2.00. The fraction of sp³-hybridized carbons (Fsp3) is 0.481. The molecule has 3 rings (SSSR count). The lowest BCUT2D eigenvalue weighted by molar-refractivity contribution is -0.141. The van der Waals surface area contributed by atoms with Gasteiger partial charge in [0.15, 0.2) is 0 Å². The number of rotatable bonds is 11. The van der Waals surface area contributed by atoms with Gasteiger partial charge in [-0.15, -0.1) is 0 Å². The van der Waals surface area contributed by atoms with Gasteiger partial charge in [0.1, 0.15) is 6.04 Å². The molecule has 0 spiro atoms. The van der Waals surface area contributed by atoms with Crippen molar-refractivity contribution >= 4 is 62.3 Å². The van der Waals surface area contributed by atoms with E-state index in [1.807, 2.05) is 6.07 Å². The van der Waals surface area contributed by atoms with Gasteiger partial charge in [0.2, 0.25) is 21.8 Å². The second-order valence-corrected chi connectivity index (χ2v) is 12.9. The Kier molecular flexibility index (Phi) is 11.2. The van der Waals surface area contributed by atoms with Crippen LogP contribution in [-0.2, 0) is 26.2 Å². The van der Waals surface area contributed by atoms with Crippen LogP contribution in [0.3, 0.4) is 0 Å². The number of hydrogen-bond acceptors (Lipinski definition) is 4. The predicted octanol–water partition coefficient (Wildman–Crippen LogP) is 6.06. The van der Waals surface area contributed by atoms with Gasteiger partial charge in [-0.1, -0.05) is 66.2 Å². The number of carbonyl (C=O) groups is 2. The SMILES string of the molecule is CC(C(=O)NC1CCCCC1)N(Cc1cccc(Cl)c1)C(=O)CCCN(c1cc(Cl)ccc1Cl)S(C)(=O)=O. The molecule has 0 saturated heterocycles. The van der Waals surface area contributed by atoms with Crippen molar-refractivity contribution in [2.75, 3.05) is 17.1 Å². The highest BCUT2D eigenvalue weighted by Gasteiger charge is 2.28. The number of anilines is 1. The molecule has 1 fully saturated rings. The van der Waals surface area contributed by atoms with Gasteiger partial charge in [-0.2, -0.15) is 0 Å². The van der Waals surface area contributed by atoms with E-state index in [0.29, 0.717) is 10.0 Å². The highest BCUT2D eigenvalue weighted by Crippen LogP contribution is 2.31. The average Bonchev–Trinajstić information content (AvgIpc) is 2.86. The average molecular weight is 603 g/mol. The molecule has 2 aromatic rings. The smallest absolute Gasteiger partial charge is 0.242 e. The molecular formula is C27H34Cl3N3O4S. The Balaban J connectivity index is 1.74. The molecule has 1 saturated carbocycles. The number of benzene rings is 2. The first kappa shape index (κ1) is 30.5. The fourth-order valence-corrected chi connectivity index (χ4v) is 6.26. The van der Waals surface area contributed by atoms with Crippen LogP contribution in [0.25, 0.3) is 0 Å². The second kappa shape index (κ2) is 13.9. The normalized spacial score (nSPS) is 15.1. The number of sulfonamides is 1. The zero-order chi connectivity index (χ0) is 27.9. The molecule has 1 atom stereocenters. The van der Waals surface area contributed by atoms with Gasteiger partial charge in [-0.3, -0.25) is 13.9 Å². The first-order valence-corrected chi connectivity index (χ1v) is 15.7. The van der Waals surface area contributed by atoms with Crippen LogP contribution < -0.4 is 9.62 Å². The number of hydrogen-bond donors (Lipinski definition) is 1. The Morgan fingerprint density at radius 1 is 1.03 bits per heavy atom. The minimum Gasteiger partial charge on any atom is -0.352 e. The minimum absolute atomic E-state index is 0.0261. The van der Waals surface area contributed by atoms with E-state index in [1.54, 1.807) is 31.2 Å². The van der Waals surface area contributed by atoms with Crippen LogP contribution in [0.1, 0.15) is 57.4 Å². The predicted molar refractivity (Wildman–Crippen MR) is 154 cm³/mol. The lowest BCUT2D eigenvalue weighted by Crippen LogP contribution is -2.50. The Bertz CT molecular complexity index is 1240. The van der Waals surface area contributed by atoms with Crippen molar-refractivity contribution in [3.63, 3.8) is 0 Å². The summed E-state index contributed by atoms with van der Waals surface area (Å²) >= 11 is 18.5. The molecule has 11 heteroatoms. The first-order chi connectivity index (χ1) is 18.0. The van der Waals surface area contributed by atoms with Crippen LogP contribution in [-0.4, -0.2) is 50.0 Å². The Morgan fingerprint density at radius 2 is 1.71 bits per heavy atom. The zero-order valence-corrected chi connectivity index (χ0v) is 24.7. The van der Waals surface area contributed by atoms with Gasteiger partial charge in [0.05, 0.1) is 17.0 Å². The van der Waals surface area contributed by atoms with E-state index in [9.17, 15) is 18.0 Å². The molecule has 0 heterocycles. The van der Waals surface area contributed by atoms with Crippen molar-refractivity contribution in [1.82, 2.24) is 10.2 Å². The van der Waals surface area contributed by atoms with E-state index in [-0.39, 0.29) is 54.5 Å². The summed E-state index contributed by atoms with van der Waals surface area (Å²) in [5, 5.41) is 4.23. The van der Waals surface area contributed by atoms with Crippen molar-refractivity contribution in [3.05, 3.63) is 63.1 Å². The monoisotopic (exact) mass is 601 g/mol. The van der Waals surface area contributed by atoms with Crippen LogP contribution in [0.5, 0.6) is 0 Å². The molecule has 38 heavy (non-hydrogen) atoms. The number of halogens is 3. The van der Waals surface area contributed by atoms with Gasteiger partial charge >= 0.3 is 0 Å². The molecule has 0 aromatic heterocycles. The standard InChI is InChI=1S/C27H34Cl3N3O4S/c1-19(27(35)31-23-10-4-3-5-11-23)32(18-20-8-6-9-21(28)16-20)26(34)12-7-15-33(38(2,36)37)25-17-22(29)13-14-24(25)30/h6,8-9,13-14,16-17,19,23H,3-5,7,10-12,15,18H2,1-2H3,(H,31,35). The summed E-state index contributed by atoms with van der Waals surface area (Å²) in [5.41, 5.74) is 1.05. The molecule has 1 N–H and O–H groups in total. The highest BCUT2D eigenvalue weighted by atomic mass is 35.5. The van der Waals surface area contributed by atoms with Gasteiger partial charge < -0.3 is 10.2 Å². The third kappa shape index (κ3) is 8.76. The fourth-order valence-electron chi connectivity index (χ4n) is 4.64. The molecule has 2 aromatic carbocycles. The molecule has 208 valence electrons. The van der Waals surface area contributed by atoms with Gasteiger partial charge in [-0.25, -0.2) is 8.42 Å². The maximum atomic E-state index is 13.5. The minimum atomic E-state index is -3.69. The molecule has 1 aliphatic carbocycles. The van der Waals surface area contributed by atoms with Gasteiger partial charge in [-0.05, 0) is 62.1 Å². The number of nitrogens with zero attached hydrogens (tertiary/aromatic N) is 2. The van der Waals surface area contributed by atoms with Crippen molar-refractivity contribution in [1.29, 1.82) is 0 Å². The third-order valence-electron chi connectivity index (χ3n) is 6.69. The number of nitrogens with one attached hydrogen (secondary N) is 1. The van der Waals surface area contributed by atoms with Crippen LogP contribution in [0, 0.1) is 0 Å². The third-order valence-corrected chi connectivity index (χ3v) is 8.66. The van der Waals surface area contributed by atoms with Crippen molar-refractivity contribution in [2.24, 2.45) is 0 Å². The van der Waals surface area contributed by atoms with E-state index in [2.05, 4.69) is 5.32 Å². The summed E-state index contributed by atoms with van der Waals surface area (Å²) in [6, 6.07) is 11.2. The largest absolute Gasteiger partial charge is 0.352 e. The Labute approximate surface area is 240 Å². The lowest BCUT2D eigenvalue weighted by atomic mass is 9.95. The second-order valence-electron chi connectivity index (χ2n) is 9.71. The molecule has 1 unspecified atom stereocenters. The lowest BCUT2D eigenvalue weighted by Gasteiger charge is -2.31. The molecule has 1 aliphatic rings. The van der Waals surface area contributed by atoms with E-state index in [0.717, 1.165) is 41.8 Å². The molecule has 0 bridgehead atoms. The molecule has 0 radical (unpaired) electrons. The summed E-state index contributed by atoms with van der Waals surface area (Å²) in [4.78, 5) is 28.1. The van der Waals surface area contributed by atoms with Crippen LogP contribution >= 0.6 is 34.8 Å². The van der Waals surface area contributed by atoms with E-state index >= 15 is 0 Å². The molecular weight excluding hydrogens is 569 g/mol. The quantitative estimate of drug-likeness (QED) is 0.339. The van der Waals surface area contributed by atoms with Crippen molar-refractivity contribution in [3.8, 4) is 0 Å². The van der Waals surface area contributed by atoms with Crippen LogP contribution in [0.2, 0.25) is 15.1 Å². The molecule has 7 nitrogen and oxygen atoms in total. The number of carbonyl (C=O) groups excluding carboxylic acids is 2. The van der Waals surface area contributed by atoms with E-state index in [1.165, 1.54) is 23.5 Å². The van der Waals surface area contributed by atoms with Crippen molar-refractivity contribution in [2.45, 2.75) is 70.5 Å². The van der Waals surface area contributed by atoms with Crippen LogP contribution in [0.4, 0.5) is 5.69 Å². The number of amides is 2. The summed E-state index contributed by atoms with van der Waals surface area (Å²) in [6.07, 6.45) is 6.54. The van der Waals surface area contributed by atoms with Crippen molar-refractivity contribution < 1.29 is 18.0 Å². The van der Waals surface area contributed by atoms with E-state index < -0.39 is 16.1 Å².